The highest BCUT2D eigenvalue weighted by Crippen LogP contribution is 2.24. The summed E-state index contributed by atoms with van der Waals surface area (Å²) in [6.07, 6.45) is 0. The monoisotopic (exact) mass is 219 g/mol. The minimum absolute atomic E-state index is 0.301. The van der Waals surface area contributed by atoms with E-state index >= 15 is 0 Å². The van der Waals surface area contributed by atoms with Gasteiger partial charge in [-0.05, 0) is 6.07 Å². The Morgan fingerprint density at radius 2 is 2.19 bits per heavy atom. The van der Waals surface area contributed by atoms with Crippen LogP contribution < -0.4 is 5.73 Å². The van der Waals surface area contributed by atoms with Gasteiger partial charge in [0, 0.05) is 17.0 Å². The summed E-state index contributed by atoms with van der Waals surface area (Å²) < 4.78 is 0. The summed E-state index contributed by atoms with van der Waals surface area (Å²) in [4.78, 5) is 10.8. The number of nitrogens with zero attached hydrogens (tertiary/aromatic N) is 1. The van der Waals surface area contributed by atoms with Crippen LogP contribution in [0, 0.1) is 0 Å². The second kappa shape index (κ2) is 3.94. The number of rotatable bonds is 3. The number of aliphatic carboxylic acids is 1. The molecule has 0 spiro atoms. The van der Waals surface area contributed by atoms with Gasteiger partial charge >= 0.3 is 5.97 Å². The predicted molar refractivity (Wildman–Crippen MR) is 60.1 cm³/mol. The molecule has 84 valence electrons. The van der Waals surface area contributed by atoms with Gasteiger partial charge in [-0.25, -0.2) is 0 Å². The Hall–Kier alpha value is -1.88. The molecular weight excluding hydrogens is 206 g/mol. The molecule has 1 heterocycles. The fourth-order valence-corrected chi connectivity index (χ4v) is 1.72. The molecule has 0 bridgehead atoms. The van der Waals surface area contributed by atoms with Gasteiger partial charge in [-0.1, -0.05) is 25.1 Å². The SMILES string of the molecule is CC(c1[nH]nc2ccccc12)[C@H](N)C(=O)O. The number of para-hydroxylation sites is 1. The molecule has 5 nitrogen and oxygen atoms in total. The first-order chi connectivity index (χ1) is 7.61. The van der Waals surface area contributed by atoms with Crippen LogP contribution in [-0.4, -0.2) is 27.3 Å². The fourth-order valence-electron chi connectivity index (χ4n) is 1.72. The number of aromatic amines is 1. The summed E-state index contributed by atoms with van der Waals surface area (Å²) in [6, 6.07) is 6.62. The van der Waals surface area contributed by atoms with E-state index in [1.165, 1.54) is 0 Å². The standard InChI is InChI=1S/C11H13N3O2/c1-6(9(12)11(15)16)10-7-4-2-3-5-8(7)13-14-10/h2-6,9H,12H2,1H3,(H,13,14)(H,15,16)/t6?,9-/m0/s1. The molecule has 1 aromatic carbocycles. The van der Waals surface area contributed by atoms with Gasteiger partial charge in [0.05, 0.1) is 5.52 Å². The van der Waals surface area contributed by atoms with E-state index in [9.17, 15) is 4.79 Å². The predicted octanol–water partition coefficient (Wildman–Crippen LogP) is 1.08. The summed E-state index contributed by atoms with van der Waals surface area (Å²) in [5.41, 5.74) is 7.19. The molecule has 2 atom stereocenters. The second-order valence-corrected chi connectivity index (χ2v) is 3.81. The van der Waals surface area contributed by atoms with Gasteiger partial charge in [0.1, 0.15) is 6.04 Å². The number of hydrogen-bond donors (Lipinski definition) is 3. The van der Waals surface area contributed by atoms with E-state index in [2.05, 4.69) is 10.2 Å². The molecule has 0 saturated carbocycles. The maximum atomic E-state index is 10.8. The van der Waals surface area contributed by atoms with E-state index in [-0.39, 0.29) is 5.92 Å². The van der Waals surface area contributed by atoms with Crippen LogP contribution in [0.5, 0.6) is 0 Å². The number of carboxylic acids is 1. The summed E-state index contributed by atoms with van der Waals surface area (Å²) in [5.74, 6) is -1.31. The molecule has 4 N–H and O–H groups in total. The Bertz CT molecular complexity index is 521. The molecule has 0 aliphatic carbocycles. The molecule has 2 rings (SSSR count). The normalized spacial score (nSPS) is 14.9. The summed E-state index contributed by atoms with van der Waals surface area (Å²) in [7, 11) is 0. The molecule has 0 fully saturated rings. The highest BCUT2D eigenvalue weighted by atomic mass is 16.4. The van der Waals surface area contributed by atoms with Crippen LogP contribution in [-0.2, 0) is 4.79 Å². The smallest absolute Gasteiger partial charge is 0.321 e. The minimum atomic E-state index is -1.01. The Morgan fingerprint density at radius 3 is 2.88 bits per heavy atom. The molecule has 1 unspecified atom stereocenters. The number of H-pyrrole nitrogens is 1. The van der Waals surface area contributed by atoms with Crippen LogP contribution in [0.1, 0.15) is 18.5 Å². The zero-order valence-electron chi connectivity index (χ0n) is 8.84. The lowest BCUT2D eigenvalue weighted by molar-refractivity contribution is -0.139. The van der Waals surface area contributed by atoms with Gasteiger partial charge < -0.3 is 10.8 Å². The summed E-state index contributed by atoms with van der Waals surface area (Å²) in [5, 5.41) is 16.8. The number of carboxylic acid groups (broad SMARTS) is 1. The zero-order valence-corrected chi connectivity index (χ0v) is 8.84. The molecule has 5 heteroatoms. The topological polar surface area (TPSA) is 92.0 Å². The van der Waals surface area contributed by atoms with E-state index in [4.69, 9.17) is 10.8 Å². The molecule has 2 aromatic rings. The molecular formula is C11H13N3O2. The third-order valence-corrected chi connectivity index (χ3v) is 2.77. The van der Waals surface area contributed by atoms with Crippen molar-refractivity contribution < 1.29 is 9.90 Å². The lowest BCUT2D eigenvalue weighted by atomic mass is 9.96. The number of nitrogens with two attached hydrogens (primary N) is 1. The van der Waals surface area contributed by atoms with Crippen LogP contribution in [0.25, 0.3) is 10.9 Å². The third-order valence-electron chi connectivity index (χ3n) is 2.77. The molecule has 0 amide bonds. The molecule has 1 aromatic heterocycles. The van der Waals surface area contributed by atoms with Crippen molar-refractivity contribution in [3.8, 4) is 0 Å². The van der Waals surface area contributed by atoms with Crippen molar-refractivity contribution in [1.29, 1.82) is 0 Å². The van der Waals surface area contributed by atoms with Crippen molar-refractivity contribution in [2.75, 3.05) is 0 Å². The van der Waals surface area contributed by atoms with E-state index in [1.807, 2.05) is 24.3 Å². The molecule has 0 aliphatic rings. The Balaban J connectivity index is 2.44. The van der Waals surface area contributed by atoms with Crippen LogP contribution in [0.3, 0.4) is 0 Å². The van der Waals surface area contributed by atoms with Gasteiger partial charge in [-0.3, -0.25) is 9.89 Å². The van der Waals surface area contributed by atoms with Crippen molar-refractivity contribution in [1.82, 2.24) is 10.2 Å². The van der Waals surface area contributed by atoms with Crippen molar-refractivity contribution in [3.63, 3.8) is 0 Å². The highest BCUT2D eigenvalue weighted by molar-refractivity contribution is 5.83. The average Bonchev–Trinajstić information content (AvgIpc) is 2.70. The summed E-state index contributed by atoms with van der Waals surface area (Å²) in [6.45, 7) is 1.78. The van der Waals surface area contributed by atoms with Crippen LogP contribution in [0.2, 0.25) is 0 Å². The number of benzene rings is 1. The van der Waals surface area contributed by atoms with Gasteiger partial charge in [0.25, 0.3) is 0 Å². The summed E-state index contributed by atoms with van der Waals surface area (Å²) >= 11 is 0. The Kier molecular flexibility index (Phi) is 2.62. The second-order valence-electron chi connectivity index (χ2n) is 3.81. The molecule has 0 aliphatic heterocycles. The van der Waals surface area contributed by atoms with Crippen molar-refractivity contribution in [3.05, 3.63) is 30.0 Å². The number of nitrogens with one attached hydrogen (secondary N) is 1. The molecule has 16 heavy (non-hydrogen) atoms. The lowest BCUT2D eigenvalue weighted by Crippen LogP contribution is -2.35. The lowest BCUT2D eigenvalue weighted by Gasteiger charge is -2.14. The van der Waals surface area contributed by atoms with E-state index in [0.29, 0.717) is 0 Å². The van der Waals surface area contributed by atoms with Crippen molar-refractivity contribution in [2.45, 2.75) is 18.9 Å². The number of hydrogen-bond acceptors (Lipinski definition) is 3. The maximum Gasteiger partial charge on any atom is 0.321 e. The number of carbonyl (C=O) groups is 1. The van der Waals surface area contributed by atoms with Gasteiger partial charge in [0.2, 0.25) is 0 Å². The van der Waals surface area contributed by atoms with Crippen LogP contribution in [0.15, 0.2) is 24.3 Å². The Morgan fingerprint density at radius 1 is 1.50 bits per heavy atom. The zero-order chi connectivity index (χ0) is 11.7. The van der Waals surface area contributed by atoms with Crippen molar-refractivity contribution >= 4 is 16.9 Å². The minimum Gasteiger partial charge on any atom is -0.480 e. The highest BCUT2D eigenvalue weighted by Gasteiger charge is 2.24. The largest absolute Gasteiger partial charge is 0.480 e. The quantitative estimate of drug-likeness (QED) is 0.720. The first-order valence-corrected chi connectivity index (χ1v) is 5.02. The molecule has 0 saturated heterocycles. The fraction of sp³-hybridized carbons (Fsp3) is 0.273. The number of fused-ring (bicyclic) bond motifs is 1. The Labute approximate surface area is 92.3 Å². The maximum absolute atomic E-state index is 10.8. The van der Waals surface area contributed by atoms with E-state index in [0.717, 1.165) is 16.6 Å². The van der Waals surface area contributed by atoms with Gasteiger partial charge in [-0.15, -0.1) is 0 Å². The van der Waals surface area contributed by atoms with Gasteiger partial charge in [-0.2, -0.15) is 5.10 Å². The van der Waals surface area contributed by atoms with Crippen molar-refractivity contribution in [2.24, 2.45) is 5.73 Å². The first kappa shape index (κ1) is 10.6. The molecule has 0 radical (unpaired) electrons. The van der Waals surface area contributed by atoms with E-state index < -0.39 is 12.0 Å². The van der Waals surface area contributed by atoms with Crippen LogP contribution in [0.4, 0.5) is 0 Å². The van der Waals surface area contributed by atoms with E-state index in [1.54, 1.807) is 6.92 Å². The average molecular weight is 219 g/mol. The third kappa shape index (κ3) is 1.65. The number of aromatic nitrogens is 2. The first-order valence-electron chi connectivity index (χ1n) is 5.02. The van der Waals surface area contributed by atoms with Gasteiger partial charge in [0.15, 0.2) is 0 Å². The van der Waals surface area contributed by atoms with Crippen LogP contribution >= 0.6 is 0 Å².